The van der Waals surface area contributed by atoms with E-state index in [1.165, 1.54) is 4.90 Å². The molecule has 7 heteroatoms. The second-order valence-corrected chi connectivity index (χ2v) is 5.97. The fraction of sp³-hybridized carbons (Fsp3) is 0.818. The Balaban J connectivity index is 1.92. The molecular formula is C11H19N3O3S. The Morgan fingerprint density at radius 3 is 2.78 bits per heavy atom. The number of amides is 2. The first-order valence-electron chi connectivity index (χ1n) is 6.14. The third kappa shape index (κ3) is 3.08. The molecule has 2 rings (SSSR count). The van der Waals surface area contributed by atoms with Crippen LogP contribution in [0.1, 0.15) is 6.42 Å². The van der Waals surface area contributed by atoms with Crippen molar-refractivity contribution < 1.29 is 14.7 Å². The third-order valence-corrected chi connectivity index (χ3v) is 4.42. The summed E-state index contributed by atoms with van der Waals surface area (Å²) in [5.41, 5.74) is 0. The zero-order valence-corrected chi connectivity index (χ0v) is 11.3. The van der Waals surface area contributed by atoms with Crippen LogP contribution < -0.4 is 5.32 Å². The van der Waals surface area contributed by atoms with Crippen LogP contribution in [0.15, 0.2) is 0 Å². The van der Waals surface area contributed by atoms with Crippen LogP contribution in [0.3, 0.4) is 0 Å². The van der Waals surface area contributed by atoms with Crippen LogP contribution in [-0.2, 0) is 4.79 Å². The molecule has 0 aromatic rings. The van der Waals surface area contributed by atoms with Gasteiger partial charge in [-0.15, -0.1) is 0 Å². The molecule has 2 amide bonds. The first kappa shape index (κ1) is 13.5. The Morgan fingerprint density at radius 2 is 2.17 bits per heavy atom. The largest absolute Gasteiger partial charge is 0.480 e. The maximum atomic E-state index is 12.1. The molecule has 0 radical (unpaired) electrons. The summed E-state index contributed by atoms with van der Waals surface area (Å²) in [6.45, 7) is 2.32. The highest BCUT2D eigenvalue weighted by Crippen LogP contribution is 2.17. The lowest BCUT2D eigenvalue weighted by molar-refractivity contribution is -0.141. The number of nitrogens with zero attached hydrogens (tertiary/aromatic N) is 2. The molecule has 18 heavy (non-hydrogen) atoms. The molecule has 2 saturated heterocycles. The molecule has 2 atom stereocenters. The van der Waals surface area contributed by atoms with Crippen molar-refractivity contribution in [2.24, 2.45) is 0 Å². The standard InChI is InChI=1S/C11H19N3O3S/c1-13-3-2-8(6-13)12-11(17)14-4-5-18-7-9(14)10(15)16/h8-9H,2-7H2,1H3,(H,12,17)(H,15,16). The highest BCUT2D eigenvalue weighted by Gasteiger charge is 2.33. The van der Waals surface area contributed by atoms with Gasteiger partial charge in [0.25, 0.3) is 0 Å². The topological polar surface area (TPSA) is 72.9 Å². The van der Waals surface area contributed by atoms with Crippen molar-refractivity contribution in [2.45, 2.75) is 18.5 Å². The Morgan fingerprint density at radius 1 is 1.39 bits per heavy atom. The number of thioether (sulfide) groups is 1. The molecule has 0 saturated carbocycles. The molecule has 2 N–H and O–H groups in total. The molecule has 2 fully saturated rings. The highest BCUT2D eigenvalue weighted by atomic mass is 32.2. The average molecular weight is 273 g/mol. The molecule has 0 aromatic carbocycles. The van der Waals surface area contributed by atoms with Crippen molar-refractivity contribution in [3.63, 3.8) is 0 Å². The molecule has 0 aromatic heterocycles. The molecule has 0 spiro atoms. The van der Waals surface area contributed by atoms with Crippen LogP contribution in [0.2, 0.25) is 0 Å². The number of nitrogens with one attached hydrogen (secondary N) is 1. The normalized spacial score (nSPS) is 29.3. The lowest BCUT2D eigenvalue weighted by Gasteiger charge is -2.33. The van der Waals surface area contributed by atoms with Gasteiger partial charge in [0.1, 0.15) is 6.04 Å². The van der Waals surface area contributed by atoms with E-state index >= 15 is 0 Å². The summed E-state index contributed by atoms with van der Waals surface area (Å²) in [5.74, 6) is 0.371. The van der Waals surface area contributed by atoms with E-state index in [0.29, 0.717) is 12.3 Å². The zero-order chi connectivity index (χ0) is 13.1. The second-order valence-electron chi connectivity index (χ2n) is 4.82. The predicted octanol–water partition coefficient (Wildman–Crippen LogP) is -0.0979. The maximum absolute atomic E-state index is 12.1. The van der Waals surface area contributed by atoms with Gasteiger partial charge in [-0.3, -0.25) is 0 Å². The van der Waals surface area contributed by atoms with E-state index < -0.39 is 12.0 Å². The van der Waals surface area contributed by atoms with Gasteiger partial charge in [-0.2, -0.15) is 11.8 Å². The predicted molar refractivity (Wildman–Crippen MR) is 69.9 cm³/mol. The molecule has 6 nitrogen and oxygen atoms in total. The van der Waals surface area contributed by atoms with Gasteiger partial charge >= 0.3 is 12.0 Å². The van der Waals surface area contributed by atoms with E-state index in [1.807, 2.05) is 7.05 Å². The molecule has 2 aliphatic rings. The van der Waals surface area contributed by atoms with Crippen molar-refractivity contribution in [3.05, 3.63) is 0 Å². The Hall–Kier alpha value is -0.950. The first-order valence-corrected chi connectivity index (χ1v) is 7.29. The number of hydrogen-bond donors (Lipinski definition) is 2. The fourth-order valence-corrected chi connectivity index (χ4v) is 3.40. The minimum atomic E-state index is -0.916. The van der Waals surface area contributed by atoms with E-state index in [9.17, 15) is 9.59 Å². The van der Waals surface area contributed by atoms with Crippen molar-refractivity contribution in [3.8, 4) is 0 Å². The summed E-state index contributed by atoms with van der Waals surface area (Å²) < 4.78 is 0. The van der Waals surface area contributed by atoms with Gasteiger partial charge < -0.3 is 20.2 Å². The number of likely N-dealkylation sites (N-methyl/N-ethyl adjacent to an activating group) is 1. The molecular weight excluding hydrogens is 254 g/mol. The number of hydrogen-bond acceptors (Lipinski definition) is 4. The summed E-state index contributed by atoms with van der Waals surface area (Å²) in [5, 5.41) is 12.1. The monoisotopic (exact) mass is 273 g/mol. The summed E-state index contributed by atoms with van der Waals surface area (Å²) in [4.78, 5) is 26.8. The van der Waals surface area contributed by atoms with E-state index in [2.05, 4.69) is 10.2 Å². The SMILES string of the molecule is CN1CCC(NC(=O)N2CCSCC2C(=O)O)C1. The maximum Gasteiger partial charge on any atom is 0.327 e. The Bertz CT molecular complexity index is 339. The van der Waals surface area contributed by atoms with Crippen LogP contribution in [0.25, 0.3) is 0 Å². The molecule has 0 aliphatic carbocycles. The minimum absolute atomic E-state index is 0.145. The number of carbonyl (C=O) groups is 2. The van der Waals surface area contributed by atoms with Crippen molar-refractivity contribution >= 4 is 23.8 Å². The van der Waals surface area contributed by atoms with Crippen LogP contribution in [0.4, 0.5) is 4.79 Å². The zero-order valence-electron chi connectivity index (χ0n) is 10.5. The van der Waals surface area contributed by atoms with Gasteiger partial charge in [-0.1, -0.05) is 0 Å². The summed E-state index contributed by atoms with van der Waals surface area (Å²) in [6.07, 6.45) is 0.933. The first-order chi connectivity index (χ1) is 8.58. The Labute approximate surface area is 111 Å². The number of rotatable bonds is 2. The number of carboxylic acids is 1. The van der Waals surface area contributed by atoms with Crippen LogP contribution >= 0.6 is 11.8 Å². The Kier molecular flexibility index (Phi) is 4.34. The van der Waals surface area contributed by atoms with E-state index in [0.717, 1.165) is 25.3 Å². The van der Waals surface area contributed by atoms with Gasteiger partial charge in [0.15, 0.2) is 0 Å². The smallest absolute Gasteiger partial charge is 0.327 e. The molecule has 0 bridgehead atoms. The van der Waals surface area contributed by atoms with Gasteiger partial charge in [0.05, 0.1) is 0 Å². The van der Waals surface area contributed by atoms with Crippen molar-refractivity contribution in [2.75, 3.05) is 38.2 Å². The lowest BCUT2D eigenvalue weighted by Crippen LogP contribution is -2.55. The minimum Gasteiger partial charge on any atom is -0.480 e. The van der Waals surface area contributed by atoms with Crippen LogP contribution in [0, 0.1) is 0 Å². The number of carbonyl (C=O) groups excluding carboxylic acids is 1. The summed E-state index contributed by atoms with van der Waals surface area (Å²) in [7, 11) is 2.02. The summed E-state index contributed by atoms with van der Waals surface area (Å²) >= 11 is 1.58. The van der Waals surface area contributed by atoms with Crippen LogP contribution in [-0.4, -0.2) is 77.2 Å². The van der Waals surface area contributed by atoms with Crippen molar-refractivity contribution in [1.29, 1.82) is 0 Å². The van der Waals surface area contributed by atoms with Gasteiger partial charge in [0.2, 0.25) is 0 Å². The third-order valence-electron chi connectivity index (χ3n) is 3.39. The lowest BCUT2D eigenvalue weighted by atomic mass is 10.2. The van der Waals surface area contributed by atoms with E-state index in [4.69, 9.17) is 5.11 Å². The van der Waals surface area contributed by atoms with E-state index in [1.54, 1.807) is 11.8 Å². The fourth-order valence-electron chi connectivity index (χ4n) is 2.36. The number of carboxylic acid groups (broad SMARTS) is 1. The molecule has 102 valence electrons. The highest BCUT2D eigenvalue weighted by molar-refractivity contribution is 7.99. The molecule has 2 unspecified atom stereocenters. The van der Waals surface area contributed by atoms with E-state index in [-0.39, 0.29) is 12.1 Å². The van der Waals surface area contributed by atoms with Crippen molar-refractivity contribution in [1.82, 2.24) is 15.1 Å². The van der Waals surface area contributed by atoms with Gasteiger partial charge in [-0.05, 0) is 20.0 Å². The molecule has 2 aliphatic heterocycles. The quantitative estimate of drug-likeness (QED) is 0.735. The second kappa shape index (κ2) is 5.79. The van der Waals surface area contributed by atoms with Gasteiger partial charge in [-0.25, -0.2) is 9.59 Å². The van der Waals surface area contributed by atoms with Crippen LogP contribution in [0.5, 0.6) is 0 Å². The average Bonchev–Trinajstić information content (AvgIpc) is 2.74. The number of likely N-dealkylation sites (tertiary alicyclic amines) is 1. The number of aliphatic carboxylic acids is 1. The summed E-state index contributed by atoms with van der Waals surface area (Å²) in [6, 6.07) is -0.780. The number of urea groups is 1. The van der Waals surface area contributed by atoms with Gasteiger partial charge in [0, 0.05) is 30.6 Å². The molecule has 2 heterocycles.